The number of carboxylic acid groups (broad SMARTS) is 1. The van der Waals surface area contributed by atoms with Crippen LogP contribution in [0, 0.1) is 23.2 Å². The molecule has 0 bridgehead atoms. The molecule has 3 aromatic rings. The van der Waals surface area contributed by atoms with Gasteiger partial charge in [0.1, 0.15) is 21.8 Å². The van der Waals surface area contributed by atoms with Crippen LogP contribution in [-0.2, 0) is 16.0 Å². The minimum Gasteiger partial charge on any atom is -0.490 e. The number of ether oxygens (including phenoxy) is 1. The van der Waals surface area contributed by atoms with Crippen LogP contribution >= 0.6 is 11.3 Å². The molecule has 1 saturated carbocycles. The summed E-state index contributed by atoms with van der Waals surface area (Å²) in [5, 5.41) is 32.1. The van der Waals surface area contributed by atoms with Gasteiger partial charge in [-0.3, -0.25) is 9.59 Å². The summed E-state index contributed by atoms with van der Waals surface area (Å²) in [6.45, 7) is 3.84. The van der Waals surface area contributed by atoms with E-state index in [2.05, 4.69) is 21.6 Å². The van der Waals surface area contributed by atoms with Gasteiger partial charge in [0.2, 0.25) is 5.91 Å². The number of nitrogens with one attached hydrogen (secondary N) is 1. The number of benzene rings is 2. The first-order valence-corrected chi connectivity index (χ1v) is 12.9. The van der Waals surface area contributed by atoms with Crippen molar-refractivity contribution in [1.82, 2.24) is 15.5 Å². The van der Waals surface area contributed by atoms with Gasteiger partial charge in [0.05, 0.1) is 23.6 Å². The third kappa shape index (κ3) is 4.56. The van der Waals surface area contributed by atoms with E-state index in [0.29, 0.717) is 24.2 Å². The molecular formula is C27H26N4O4S. The number of fused-ring (bicyclic) bond motifs is 1. The van der Waals surface area contributed by atoms with Crippen LogP contribution in [0.4, 0.5) is 0 Å². The zero-order chi connectivity index (χ0) is 25.4. The van der Waals surface area contributed by atoms with E-state index in [1.54, 1.807) is 12.1 Å². The second-order valence-corrected chi connectivity index (χ2v) is 10.6. The summed E-state index contributed by atoms with van der Waals surface area (Å²) >= 11 is 1.46. The van der Waals surface area contributed by atoms with Crippen molar-refractivity contribution >= 4 is 23.2 Å². The molecule has 2 aliphatic rings. The number of hydrogen-bond donors (Lipinski definition) is 2. The number of nitriles is 1. The molecule has 36 heavy (non-hydrogen) atoms. The van der Waals surface area contributed by atoms with Crippen molar-refractivity contribution in [2.75, 3.05) is 0 Å². The molecule has 184 valence electrons. The lowest BCUT2D eigenvalue weighted by Gasteiger charge is -2.32. The largest absolute Gasteiger partial charge is 0.490 e. The highest BCUT2D eigenvalue weighted by atomic mass is 32.1. The normalized spacial score (nSPS) is 20.3. The van der Waals surface area contributed by atoms with E-state index in [1.807, 2.05) is 38.1 Å². The summed E-state index contributed by atoms with van der Waals surface area (Å²) in [5.74, 6) is -0.963. The van der Waals surface area contributed by atoms with Gasteiger partial charge < -0.3 is 15.2 Å². The van der Waals surface area contributed by atoms with Crippen LogP contribution in [0.1, 0.15) is 55.8 Å². The molecule has 2 aliphatic carbocycles. The molecule has 1 amide bonds. The van der Waals surface area contributed by atoms with E-state index >= 15 is 0 Å². The van der Waals surface area contributed by atoms with Crippen molar-refractivity contribution in [3.63, 3.8) is 0 Å². The smallest absolute Gasteiger partial charge is 0.306 e. The number of aliphatic carboxylic acids is 1. The van der Waals surface area contributed by atoms with Crippen molar-refractivity contribution in [3.8, 4) is 33.0 Å². The Morgan fingerprint density at radius 1 is 1.17 bits per heavy atom. The average molecular weight is 503 g/mol. The van der Waals surface area contributed by atoms with Crippen molar-refractivity contribution in [2.45, 2.75) is 51.7 Å². The Balaban J connectivity index is 1.34. The van der Waals surface area contributed by atoms with Crippen molar-refractivity contribution in [2.24, 2.45) is 11.8 Å². The predicted molar refractivity (Wildman–Crippen MR) is 134 cm³/mol. The van der Waals surface area contributed by atoms with Gasteiger partial charge in [0.25, 0.3) is 0 Å². The van der Waals surface area contributed by atoms with Crippen LogP contribution in [0.25, 0.3) is 21.1 Å². The summed E-state index contributed by atoms with van der Waals surface area (Å²) in [6, 6.07) is 13.6. The van der Waals surface area contributed by atoms with Gasteiger partial charge >= 0.3 is 5.97 Å². The lowest BCUT2D eigenvalue weighted by atomic mass is 9.74. The van der Waals surface area contributed by atoms with E-state index in [-0.39, 0.29) is 24.0 Å². The summed E-state index contributed by atoms with van der Waals surface area (Å²) < 4.78 is 5.72. The zero-order valence-electron chi connectivity index (χ0n) is 20.0. The second kappa shape index (κ2) is 9.70. The number of carbonyl (C=O) groups excluding carboxylic acids is 1. The van der Waals surface area contributed by atoms with Gasteiger partial charge in [0.15, 0.2) is 0 Å². The molecule has 1 aromatic heterocycles. The Bertz CT molecular complexity index is 1370. The standard InChI is InChI=1S/C27H26N4O4S/c1-14(2)35-23-9-6-15(10-18(23)13-28)25-30-31-26(36-25)21-5-3-4-20-19(21)7-8-22(20)29-24(32)16-11-17(12-16)27(33)34/h3-6,9-10,14,16-17,22H,7-8,11-12H2,1-2H3,(H,29,32)(H,33,34)/t16?,17?,22-/m0/s1. The first-order valence-electron chi connectivity index (χ1n) is 12.0. The molecule has 9 heteroatoms. The summed E-state index contributed by atoms with van der Waals surface area (Å²) in [6.07, 6.45) is 2.40. The van der Waals surface area contributed by atoms with E-state index in [9.17, 15) is 14.9 Å². The maximum absolute atomic E-state index is 12.7. The number of rotatable bonds is 7. The molecule has 0 radical (unpaired) electrons. The number of hydrogen-bond acceptors (Lipinski definition) is 7. The minimum atomic E-state index is -0.824. The van der Waals surface area contributed by atoms with Gasteiger partial charge in [-0.2, -0.15) is 5.26 Å². The molecule has 0 unspecified atom stereocenters. The van der Waals surface area contributed by atoms with Crippen LogP contribution in [0.15, 0.2) is 36.4 Å². The number of nitrogens with zero attached hydrogens (tertiary/aromatic N) is 3. The lowest BCUT2D eigenvalue weighted by molar-refractivity contribution is -0.148. The van der Waals surface area contributed by atoms with Gasteiger partial charge in [-0.05, 0) is 68.9 Å². The third-order valence-corrected chi connectivity index (χ3v) is 7.82. The summed E-state index contributed by atoms with van der Waals surface area (Å²) in [7, 11) is 0. The Hall–Kier alpha value is -3.77. The first kappa shape index (κ1) is 23.9. The fourth-order valence-corrected chi connectivity index (χ4v) is 5.78. The molecule has 2 aromatic carbocycles. The summed E-state index contributed by atoms with van der Waals surface area (Å²) in [5.41, 5.74) is 4.50. The number of aromatic nitrogens is 2. The van der Waals surface area contributed by atoms with Crippen LogP contribution in [0.5, 0.6) is 5.75 Å². The predicted octanol–water partition coefficient (Wildman–Crippen LogP) is 4.75. The highest BCUT2D eigenvalue weighted by Gasteiger charge is 2.40. The molecule has 0 spiro atoms. The van der Waals surface area contributed by atoms with E-state index < -0.39 is 11.9 Å². The van der Waals surface area contributed by atoms with E-state index in [4.69, 9.17) is 9.84 Å². The second-order valence-electron chi connectivity index (χ2n) is 9.58. The topological polar surface area (TPSA) is 125 Å². The molecule has 0 saturated heterocycles. The van der Waals surface area contributed by atoms with Crippen molar-refractivity contribution in [3.05, 3.63) is 53.1 Å². The molecule has 1 atom stereocenters. The number of carboxylic acids is 1. The SMILES string of the molecule is CC(C)Oc1ccc(-c2nnc(-c3cccc4c3CC[C@@H]4NC(=O)C3CC(C(=O)O)C3)s2)cc1C#N. The number of amides is 1. The minimum absolute atomic E-state index is 0.0276. The Labute approximate surface area is 212 Å². The van der Waals surface area contributed by atoms with Crippen LogP contribution in [-0.4, -0.2) is 33.3 Å². The van der Waals surface area contributed by atoms with Gasteiger partial charge in [0, 0.05) is 17.0 Å². The van der Waals surface area contributed by atoms with E-state index in [0.717, 1.165) is 45.1 Å². The van der Waals surface area contributed by atoms with Crippen LogP contribution in [0.3, 0.4) is 0 Å². The molecule has 2 N–H and O–H groups in total. The Morgan fingerprint density at radius 2 is 1.94 bits per heavy atom. The van der Waals surface area contributed by atoms with Crippen LogP contribution in [0.2, 0.25) is 0 Å². The van der Waals surface area contributed by atoms with Gasteiger partial charge in [-0.1, -0.05) is 29.5 Å². The zero-order valence-corrected chi connectivity index (χ0v) is 20.8. The van der Waals surface area contributed by atoms with Crippen molar-refractivity contribution < 1.29 is 19.4 Å². The van der Waals surface area contributed by atoms with Gasteiger partial charge in [-0.15, -0.1) is 10.2 Å². The van der Waals surface area contributed by atoms with E-state index in [1.165, 1.54) is 11.3 Å². The van der Waals surface area contributed by atoms with Gasteiger partial charge in [-0.25, -0.2) is 0 Å². The fraction of sp³-hybridized carbons (Fsp3) is 0.370. The molecule has 5 rings (SSSR count). The Morgan fingerprint density at radius 3 is 2.67 bits per heavy atom. The average Bonchev–Trinajstić information content (AvgIpc) is 3.45. The van der Waals surface area contributed by atoms with Crippen LogP contribution < -0.4 is 10.1 Å². The fourth-order valence-electron chi connectivity index (χ4n) is 4.88. The maximum atomic E-state index is 12.7. The van der Waals surface area contributed by atoms with Crippen molar-refractivity contribution in [1.29, 1.82) is 5.26 Å². The third-order valence-electron chi connectivity index (χ3n) is 6.81. The summed E-state index contributed by atoms with van der Waals surface area (Å²) in [4.78, 5) is 23.7. The maximum Gasteiger partial charge on any atom is 0.306 e. The highest BCUT2D eigenvalue weighted by Crippen LogP contribution is 2.41. The lowest BCUT2D eigenvalue weighted by Crippen LogP contribution is -2.42. The quantitative estimate of drug-likeness (QED) is 0.478. The molecule has 1 fully saturated rings. The number of carbonyl (C=O) groups is 2. The molecule has 1 heterocycles. The highest BCUT2D eigenvalue weighted by molar-refractivity contribution is 7.17. The molecular weight excluding hydrogens is 476 g/mol. The molecule has 8 nitrogen and oxygen atoms in total. The molecule has 0 aliphatic heterocycles. The Kier molecular flexibility index (Phi) is 6.46. The monoisotopic (exact) mass is 502 g/mol. The first-order chi connectivity index (χ1) is 17.3.